The Balaban J connectivity index is 1.84. The number of fused-ring (bicyclic) bond motifs is 1. The lowest BCUT2D eigenvalue weighted by Gasteiger charge is -2.15. The van der Waals surface area contributed by atoms with E-state index in [1.807, 2.05) is 19.1 Å². The summed E-state index contributed by atoms with van der Waals surface area (Å²) in [6.07, 6.45) is 2.57. The van der Waals surface area contributed by atoms with Gasteiger partial charge in [-0.3, -0.25) is 0 Å². The lowest BCUT2D eigenvalue weighted by Crippen LogP contribution is -2.28. The monoisotopic (exact) mass is 395 g/mol. The smallest absolute Gasteiger partial charge is 0.242 e. The van der Waals surface area contributed by atoms with E-state index in [1.165, 1.54) is 26.2 Å². The van der Waals surface area contributed by atoms with Crippen molar-refractivity contribution in [2.45, 2.75) is 35.7 Å². The van der Waals surface area contributed by atoms with Crippen molar-refractivity contribution in [1.29, 1.82) is 0 Å². The van der Waals surface area contributed by atoms with Crippen LogP contribution in [0.2, 0.25) is 0 Å². The highest BCUT2D eigenvalue weighted by atomic mass is 32.2. The average Bonchev–Trinajstić information content (AvgIpc) is 2.96. The molecule has 0 saturated carbocycles. The van der Waals surface area contributed by atoms with Gasteiger partial charge in [0.2, 0.25) is 10.0 Å². The summed E-state index contributed by atoms with van der Waals surface area (Å²) in [6, 6.07) is 8.15. The Labute approximate surface area is 154 Å². The highest BCUT2D eigenvalue weighted by Crippen LogP contribution is 2.32. The summed E-state index contributed by atoms with van der Waals surface area (Å²) in [5, 5.41) is -0.198. The Morgan fingerprint density at radius 3 is 2.46 bits per heavy atom. The number of aryl methyl sites for hydroxylation is 2. The number of pyridine rings is 1. The van der Waals surface area contributed by atoms with Crippen LogP contribution in [0.15, 0.2) is 46.5 Å². The molecule has 0 amide bonds. The molecular formula is C17H21N3O4S2. The Bertz CT molecular complexity index is 1030. The zero-order chi connectivity index (χ0) is 19.1. The molecule has 0 bridgehead atoms. The van der Waals surface area contributed by atoms with Crippen LogP contribution >= 0.6 is 0 Å². The van der Waals surface area contributed by atoms with Gasteiger partial charge in [0.1, 0.15) is 4.90 Å². The fraction of sp³-hybridized carbons (Fsp3) is 0.353. The number of sulfonamides is 2. The lowest BCUT2D eigenvalue weighted by atomic mass is 10.1. The van der Waals surface area contributed by atoms with E-state index in [4.69, 9.17) is 0 Å². The normalized spacial score (nSPS) is 17.5. The van der Waals surface area contributed by atoms with Crippen LogP contribution in [0.4, 0.5) is 0 Å². The standard InChI is InChI=1S/C17H21N3O4S2/c1-12-4-7-15-13(10-12)5-8-16(15)19-25(21,22)17-9-6-14(11-18-17)26(23,24)20(2)3/h4,6-7,9-11,16,19H,5,8H2,1-3H3. The quantitative estimate of drug-likeness (QED) is 0.830. The largest absolute Gasteiger partial charge is 0.258 e. The minimum absolute atomic E-state index is 0.0527. The highest BCUT2D eigenvalue weighted by Gasteiger charge is 2.28. The van der Waals surface area contributed by atoms with Crippen LogP contribution in [-0.2, 0) is 26.5 Å². The molecule has 0 saturated heterocycles. The number of nitrogens with one attached hydrogen (secondary N) is 1. The SMILES string of the molecule is Cc1ccc2c(c1)CCC2NS(=O)(=O)c1ccc(S(=O)(=O)N(C)C)cn1. The van der Waals surface area contributed by atoms with Crippen LogP contribution in [-0.4, -0.2) is 40.2 Å². The first-order chi connectivity index (χ1) is 12.1. The molecular weight excluding hydrogens is 374 g/mol. The summed E-state index contributed by atoms with van der Waals surface area (Å²) in [5.74, 6) is 0. The summed E-state index contributed by atoms with van der Waals surface area (Å²) in [4.78, 5) is 3.80. The maximum absolute atomic E-state index is 12.6. The molecule has 1 N–H and O–H groups in total. The van der Waals surface area contributed by atoms with E-state index in [1.54, 1.807) is 0 Å². The fourth-order valence-corrected chi connectivity index (χ4v) is 5.03. The summed E-state index contributed by atoms with van der Waals surface area (Å²) in [5.41, 5.74) is 3.27. The lowest BCUT2D eigenvalue weighted by molar-refractivity contribution is 0.519. The van der Waals surface area contributed by atoms with Crippen molar-refractivity contribution in [2.75, 3.05) is 14.1 Å². The molecule has 0 spiro atoms. The zero-order valence-electron chi connectivity index (χ0n) is 14.8. The molecule has 3 rings (SSSR count). The van der Waals surface area contributed by atoms with Crippen molar-refractivity contribution in [1.82, 2.24) is 14.0 Å². The van der Waals surface area contributed by atoms with Gasteiger partial charge in [0.15, 0.2) is 5.03 Å². The van der Waals surface area contributed by atoms with Crippen LogP contribution in [0.1, 0.15) is 29.2 Å². The van der Waals surface area contributed by atoms with Gasteiger partial charge < -0.3 is 0 Å². The maximum Gasteiger partial charge on any atom is 0.258 e. The van der Waals surface area contributed by atoms with Crippen LogP contribution in [0.5, 0.6) is 0 Å². The van der Waals surface area contributed by atoms with Gasteiger partial charge in [-0.25, -0.2) is 30.8 Å². The van der Waals surface area contributed by atoms with Gasteiger partial charge in [0, 0.05) is 26.3 Å². The van der Waals surface area contributed by atoms with E-state index < -0.39 is 20.0 Å². The molecule has 1 heterocycles. The van der Waals surface area contributed by atoms with Crippen molar-refractivity contribution in [3.05, 3.63) is 53.2 Å². The molecule has 1 atom stereocenters. The zero-order valence-corrected chi connectivity index (χ0v) is 16.4. The van der Waals surface area contributed by atoms with Crippen LogP contribution in [0.25, 0.3) is 0 Å². The third kappa shape index (κ3) is 3.52. The number of hydrogen-bond acceptors (Lipinski definition) is 5. The summed E-state index contributed by atoms with van der Waals surface area (Å²) in [7, 11) is -4.69. The molecule has 7 nitrogen and oxygen atoms in total. The summed E-state index contributed by atoms with van der Waals surface area (Å²) >= 11 is 0. The van der Waals surface area contributed by atoms with Crippen LogP contribution in [0, 0.1) is 6.92 Å². The van der Waals surface area contributed by atoms with Gasteiger partial charge in [0.25, 0.3) is 10.0 Å². The summed E-state index contributed by atoms with van der Waals surface area (Å²) < 4.78 is 53.1. The minimum atomic E-state index is -3.85. The van der Waals surface area contributed by atoms with Crippen molar-refractivity contribution in [2.24, 2.45) is 0 Å². The van der Waals surface area contributed by atoms with E-state index in [0.29, 0.717) is 6.42 Å². The second-order valence-electron chi connectivity index (χ2n) is 6.53. The number of hydrogen-bond donors (Lipinski definition) is 1. The molecule has 0 fully saturated rings. The first-order valence-electron chi connectivity index (χ1n) is 8.11. The Morgan fingerprint density at radius 1 is 1.12 bits per heavy atom. The summed E-state index contributed by atoms with van der Waals surface area (Å²) in [6.45, 7) is 2.00. The van der Waals surface area contributed by atoms with E-state index in [-0.39, 0.29) is 16.0 Å². The molecule has 1 aromatic carbocycles. The fourth-order valence-electron chi connectivity index (χ4n) is 3.01. The topological polar surface area (TPSA) is 96.4 Å². The predicted molar refractivity (Wildman–Crippen MR) is 97.7 cm³/mol. The minimum Gasteiger partial charge on any atom is -0.242 e. The molecule has 26 heavy (non-hydrogen) atoms. The van der Waals surface area contributed by atoms with Crippen molar-refractivity contribution < 1.29 is 16.8 Å². The van der Waals surface area contributed by atoms with Crippen molar-refractivity contribution in [3.63, 3.8) is 0 Å². The van der Waals surface area contributed by atoms with Gasteiger partial charge in [-0.1, -0.05) is 23.8 Å². The van der Waals surface area contributed by atoms with Crippen molar-refractivity contribution in [3.8, 4) is 0 Å². The number of benzene rings is 1. The molecule has 9 heteroatoms. The molecule has 0 aliphatic heterocycles. The van der Waals surface area contributed by atoms with Crippen LogP contribution < -0.4 is 4.72 Å². The first kappa shape index (κ1) is 19.0. The number of aromatic nitrogens is 1. The third-order valence-corrected chi connectivity index (χ3v) is 7.62. The molecule has 0 radical (unpaired) electrons. The highest BCUT2D eigenvalue weighted by molar-refractivity contribution is 7.89. The Hall–Kier alpha value is -1.81. The second-order valence-corrected chi connectivity index (χ2v) is 10.3. The third-order valence-electron chi connectivity index (χ3n) is 4.44. The van der Waals surface area contributed by atoms with Gasteiger partial charge >= 0.3 is 0 Å². The molecule has 140 valence electrons. The van der Waals surface area contributed by atoms with E-state index in [0.717, 1.165) is 33.6 Å². The maximum atomic E-state index is 12.6. The Morgan fingerprint density at radius 2 is 1.85 bits per heavy atom. The molecule has 1 aliphatic carbocycles. The Kier molecular flexibility index (Phi) is 4.91. The average molecular weight is 396 g/mol. The van der Waals surface area contributed by atoms with Crippen LogP contribution in [0.3, 0.4) is 0 Å². The van der Waals surface area contributed by atoms with Gasteiger partial charge in [-0.05, 0) is 43.0 Å². The molecule has 1 unspecified atom stereocenters. The first-order valence-corrected chi connectivity index (χ1v) is 11.0. The molecule has 2 aromatic rings. The van der Waals surface area contributed by atoms with E-state index in [2.05, 4.69) is 15.8 Å². The molecule has 1 aliphatic rings. The van der Waals surface area contributed by atoms with Gasteiger partial charge in [-0.15, -0.1) is 0 Å². The van der Waals surface area contributed by atoms with E-state index in [9.17, 15) is 16.8 Å². The predicted octanol–water partition coefficient (Wildman–Crippen LogP) is 1.61. The van der Waals surface area contributed by atoms with Crippen molar-refractivity contribution >= 4 is 20.0 Å². The second kappa shape index (κ2) is 6.73. The van der Waals surface area contributed by atoms with Gasteiger partial charge in [-0.2, -0.15) is 0 Å². The molecule has 1 aromatic heterocycles. The number of nitrogens with zero attached hydrogens (tertiary/aromatic N) is 2. The van der Waals surface area contributed by atoms with E-state index >= 15 is 0 Å². The number of rotatable bonds is 5. The van der Waals surface area contributed by atoms with Gasteiger partial charge in [0.05, 0.1) is 0 Å².